The van der Waals surface area contributed by atoms with Gasteiger partial charge in [-0.15, -0.1) is 11.3 Å². The van der Waals surface area contributed by atoms with Crippen LogP contribution in [0.3, 0.4) is 0 Å². The molecule has 1 N–H and O–H groups in total. The van der Waals surface area contributed by atoms with Gasteiger partial charge < -0.3 is 5.32 Å². The van der Waals surface area contributed by atoms with E-state index in [4.69, 9.17) is 0 Å². The summed E-state index contributed by atoms with van der Waals surface area (Å²) in [6.07, 6.45) is 7.42. The first kappa shape index (κ1) is 13.3. The molecule has 1 saturated carbocycles. The third-order valence-electron chi connectivity index (χ3n) is 3.59. The van der Waals surface area contributed by atoms with Crippen molar-refractivity contribution >= 4 is 27.3 Å². The maximum absolute atomic E-state index is 4.68. The van der Waals surface area contributed by atoms with Crippen LogP contribution in [0.15, 0.2) is 28.2 Å². The Bertz CT molecular complexity index is 528. The highest BCUT2D eigenvalue weighted by molar-refractivity contribution is 9.10. The Morgan fingerprint density at radius 1 is 1.37 bits per heavy atom. The van der Waals surface area contributed by atoms with Crippen LogP contribution in [-0.4, -0.2) is 9.78 Å². The van der Waals surface area contributed by atoms with Gasteiger partial charge in [0.25, 0.3) is 0 Å². The molecule has 3 nitrogen and oxygen atoms in total. The molecule has 2 heterocycles. The summed E-state index contributed by atoms with van der Waals surface area (Å²) < 4.78 is 3.32. The van der Waals surface area contributed by atoms with Crippen molar-refractivity contribution in [1.82, 2.24) is 15.1 Å². The smallest absolute Gasteiger partial charge is 0.0762 e. The van der Waals surface area contributed by atoms with Crippen LogP contribution in [0.1, 0.15) is 42.3 Å². The molecular formula is C14H18BrN3S. The van der Waals surface area contributed by atoms with Crippen LogP contribution in [0, 0.1) is 0 Å². The highest BCUT2D eigenvalue weighted by atomic mass is 79.9. The van der Waals surface area contributed by atoms with Gasteiger partial charge in [-0.25, -0.2) is 0 Å². The molecule has 2 aromatic rings. The van der Waals surface area contributed by atoms with Crippen LogP contribution < -0.4 is 5.32 Å². The fraction of sp³-hybridized carbons (Fsp3) is 0.500. The first-order valence-electron chi connectivity index (χ1n) is 6.79. The lowest BCUT2D eigenvalue weighted by Crippen LogP contribution is -2.13. The SMILES string of the molecule is Brc1csc(CNCc2ccn(C3CCCC3)n2)c1. The number of nitrogens with zero attached hydrogens (tertiary/aromatic N) is 2. The van der Waals surface area contributed by atoms with E-state index in [1.807, 2.05) is 0 Å². The van der Waals surface area contributed by atoms with E-state index in [-0.39, 0.29) is 0 Å². The summed E-state index contributed by atoms with van der Waals surface area (Å²) in [6, 6.07) is 4.94. The Morgan fingerprint density at radius 2 is 2.21 bits per heavy atom. The average molecular weight is 340 g/mol. The fourth-order valence-corrected chi connectivity index (χ4v) is 4.02. The van der Waals surface area contributed by atoms with Crippen LogP contribution in [0.25, 0.3) is 0 Å². The zero-order chi connectivity index (χ0) is 13.1. The zero-order valence-corrected chi connectivity index (χ0v) is 13.2. The van der Waals surface area contributed by atoms with E-state index in [0.29, 0.717) is 6.04 Å². The van der Waals surface area contributed by atoms with Crippen LogP contribution in [0.4, 0.5) is 0 Å². The molecule has 2 aromatic heterocycles. The van der Waals surface area contributed by atoms with Gasteiger partial charge in [0.1, 0.15) is 0 Å². The lowest BCUT2D eigenvalue weighted by Gasteiger charge is -2.08. The molecule has 0 aromatic carbocycles. The Labute approximate surface area is 126 Å². The maximum atomic E-state index is 4.68. The van der Waals surface area contributed by atoms with Crippen molar-refractivity contribution in [1.29, 1.82) is 0 Å². The molecule has 102 valence electrons. The van der Waals surface area contributed by atoms with E-state index in [0.717, 1.165) is 18.8 Å². The van der Waals surface area contributed by atoms with Crippen molar-refractivity contribution in [2.45, 2.75) is 44.8 Å². The molecule has 0 atom stereocenters. The summed E-state index contributed by atoms with van der Waals surface area (Å²) >= 11 is 5.25. The van der Waals surface area contributed by atoms with E-state index in [1.54, 1.807) is 11.3 Å². The van der Waals surface area contributed by atoms with Crippen LogP contribution in [0.5, 0.6) is 0 Å². The molecule has 0 spiro atoms. The zero-order valence-electron chi connectivity index (χ0n) is 10.8. The van der Waals surface area contributed by atoms with Gasteiger partial charge in [-0.2, -0.15) is 5.10 Å². The normalized spacial score (nSPS) is 16.3. The monoisotopic (exact) mass is 339 g/mol. The Kier molecular flexibility index (Phi) is 4.35. The van der Waals surface area contributed by atoms with E-state index in [1.165, 1.54) is 35.0 Å². The van der Waals surface area contributed by atoms with Gasteiger partial charge in [0.05, 0.1) is 11.7 Å². The largest absolute Gasteiger partial charge is 0.306 e. The minimum atomic E-state index is 0.641. The number of aromatic nitrogens is 2. The predicted molar refractivity (Wildman–Crippen MR) is 82.3 cm³/mol. The number of rotatable bonds is 5. The highest BCUT2D eigenvalue weighted by Gasteiger charge is 2.17. The van der Waals surface area contributed by atoms with Crippen molar-refractivity contribution in [2.24, 2.45) is 0 Å². The van der Waals surface area contributed by atoms with Gasteiger partial charge in [-0.3, -0.25) is 4.68 Å². The molecule has 1 aliphatic rings. The van der Waals surface area contributed by atoms with Crippen molar-refractivity contribution in [3.8, 4) is 0 Å². The molecule has 0 aliphatic heterocycles. The van der Waals surface area contributed by atoms with Crippen molar-refractivity contribution in [2.75, 3.05) is 0 Å². The summed E-state index contributed by atoms with van der Waals surface area (Å²) in [6.45, 7) is 1.75. The number of hydrogen-bond acceptors (Lipinski definition) is 3. The second-order valence-electron chi connectivity index (χ2n) is 5.06. The van der Waals surface area contributed by atoms with Gasteiger partial charge in [0, 0.05) is 34.0 Å². The van der Waals surface area contributed by atoms with Crippen LogP contribution >= 0.6 is 27.3 Å². The van der Waals surface area contributed by atoms with E-state index < -0.39 is 0 Å². The molecular weight excluding hydrogens is 322 g/mol. The Balaban J connectivity index is 1.50. The molecule has 0 saturated heterocycles. The molecule has 1 fully saturated rings. The van der Waals surface area contributed by atoms with Crippen LogP contribution in [0.2, 0.25) is 0 Å². The third kappa shape index (κ3) is 3.46. The minimum Gasteiger partial charge on any atom is -0.306 e. The lowest BCUT2D eigenvalue weighted by atomic mass is 10.3. The molecule has 0 unspecified atom stereocenters. The lowest BCUT2D eigenvalue weighted by molar-refractivity contribution is 0.461. The van der Waals surface area contributed by atoms with Gasteiger partial charge >= 0.3 is 0 Å². The van der Waals surface area contributed by atoms with Gasteiger partial charge in [0.15, 0.2) is 0 Å². The second kappa shape index (κ2) is 6.20. The second-order valence-corrected chi connectivity index (χ2v) is 6.97. The Morgan fingerprint density at radius 3 is 2.95 bits per heavy atom. The molecule has 0 radical (unpaired) electrons. The molecule has 0 amide bonds. The summed E-state index contributed by atoms with van der Waals surface area (Å²) in [5, 5.41) is 10.2. The summed E-state index contributed by atoms with van der Waals surface area (Å²) in [5.74, 6) is 0. The number of hydrogen-bond donors (Lipinski definition) is 1. The fourth-order valence-electron chi connectivity index (χ4n) is 2.60. The minimum absolute atomic E-state index is 0.641. The molecule has 3 rings (SSSR count). The van der Waals surface area contributed by atoms with E-state index >= 15 is 0 Å². The first-order valence-corrected chi connectivity index (χ1v) is 8.46. The molecule has 19 heavy (non-hydrogen) atoms. The topological polar surface area (TPSA) is 29.9 Å². The summed E-state index contributed by atoms with van der Waals surface area (Å²) in [7, 11) is 0. The van der Waals surface area contributed by atoms with Crippen molar-refractivity contribution in [3.05, 3.63) is 38.8 Å². The number of thiophene rings is 1. The average Bonchev–Trinajstić information content (AvgIpc) is 3.09. The van der Waals surface area contributed by atoms with Gasteiger partial charge in [0.2, 0.25) is 0 Å². The number of nitrogens with one attached hydrogen (secondary N) is 1. The summed E-state index contributed by atoms with van der Waals surface area (Å²) in [4.78, 5) is 1.35. The summed E-state index contributed by atoms with van der Waals surface area (Å²) in [5.41, 5.74) is 1.14. The Hall–Kier alpha value is -0.650. The molecule has 0 bridgehead atoms. The highest BCUT2D eigenvalue weighted by Crippen LogP contribution is 2.28. The quantitative estimate of drug-likeness (QED) is 0.888. The maximum Gasteiger partial charge on any atom is 0.0762 e. The van der Waals surface area contributed by atoms with E-state index in [9.17, 15) is 0 Å². The van der Waals surface area contributed by atoms with Crippen molar-refractivity contribution in [3.63, 3.8) is 0 Å². The molecule has 1 aliphatic carbocycles. The standard InChI is InChI=1S/C14H18BrN3S/c15-11-7-14(19-10-11)9-16-8-12-5-6-18(17-12)13-3-1-2-4-13/h5-7,10,13,16H,1-4,8-9H2. The van der Waals surface area contributed by atoms with Gasteiger partial charge in [-0.05, 0) is 40.9 Å². The molecule has 5 heteroatoms. The number of halogens is 1. The van der Waals surface area contributed by atoms with Crippen molar-refractivity contribution < 1.29 is 0 Å². The van der Waals surface area contributed by atoms with E-state index in [2.05, 4.69) is 54.7 Å². The van der Waals surface area contributed by atoms with Gasteiger partial charge in [-0.1, -0.05) is 12.8 Å². The third-order valence-corrected chi connectivity index (χ3v) is 5.29. The predicted octanol–water partition coefficient (Wildman–Crippen LogP) is 4.11. The van der Waals surface area contributed by atoms with Crippen LogP contribution in [-0.2, 0) is 13.1 Å². The first-order chi connectivity index (χ1) is 9.31.